The van der Waals surface area contributed by atoms with Gasteiger partial charge in [0.25, 0.3) is 0 Å². The van der Waals surface area contributed by atoms with Crippen molar-refractivity contribution in [2.45, 2.75) is 45.5 Å². The molecule has 18 heavy (non-hydrogen) atoms. The van der Waals surface area contributed by atoms with E-state index in [9.17, 15) is 8.78 Å². The lowest BCUT2D eigenvalue weighted by Crippen LogP contribution is -2.35. The third-order valence-electron chi connectivity index (χ3n) is 3.32. The zero-order chi connectivity index (χ0) is 13.8. The molecule has 106 valence electrons. The molecule has 0 aromatic heterocycles. The van der Waals surface area contributed by atoms with Crippen molar-refractivity contribution in [3.63, 3.8) is 0 Å². The van der Waals surface area contributed by atoms with Crippen molar-refractivity contribution in [2.75, 3.05) is 19.6 Å². The monoisotopic (exact) mass is 278 g/mol. The van der Waals surface area contributed by atoms with Gasteiger partial charge in [-0.2, -0.15) is 0 Å². The second-order valence-corrected chi connectivity index (χ2v) is 6.36. The van der Waals surface area contributed by atoms with Gasteiger partial charge in [0, 0.05) is 38.9 Å². The quantitative estimate of drug-likeness (QED) is 0.726. The van der Waals surface area contributed by atoms with Gasteiger partial charge in [0.15, 0.2) is 0 Å². The van der Waals surface area contributed by atoms with Crippen LogP contribution in [0.4, 0.5) is 8.78 Å². The van der Waals surface area contributed by atoms with Crippen LogP contribution in [0.25, 0.3) is 0 Å². The van der Waals surface area contributed by atoms with Gasteiger partial charge < -0.3 is 10.6 Å². The van der Waals surface area contributed by atoms with Crippen molar-refractivity contribution in [1.29, 1.82) is 0 Å². The summed E-state index contributed by atoms with van der Waals surface area (Å²) < 4.78 is 26.3. The van der Waals surface area contributed by atoms with E-state index in [0.717, 1.165) is 19.6 Å². The van der Waals surface area contributed by atoms with E-state index < -0.39 is 5.92 Å². The molecule has 0 spiro atoms. The standard InChI is InChI=1S/C13H24F2N2S/c1-10(2)8-17(6-4-12(16)18)9-11-3-5-13(14,15)7-11/h10-11H,3-9H2,1-2H3,(H2,16,18). The molecular weight excluding hydrogens is 254 g/mol. The fourth-order valence-corrected chi connectivity index (χ4v) is 2.70. The second kappa shape index (κ2) is 6.75. The van der Waals surface area contributed by atoms with Gasteiger partial charge in [-0.3, -0.25) is 0 Å². The molecule has 0 aromatic rings. The number of rotatable bonds is 7. The third-order valence-corrected chi connectivity index (χ3v) is 3.52. The van der Waals surface area contributed by atoms with Crippen LogP contribution >= 0.6 is 12.2 Å². The van der Waals surface area contributed by atoms with Gasteiger partial charge in [-0.05, 0) is 18.3 Å². The fraction of sp³-hybridized carbons (Fsp3) is 0.923. The molecule has 1 fully saturated rings. The number of hydrogen-bond donors (Lipinski definition) is 1. The van der Waals surface area contributed by atoms with Crippen LogP contribution in [0.15, 0.2) is 0 Å². The van der Waals surface area contributed by atoms with E-state index in [-0.39, 0.29) is 18.8 Å². The minimum Gasteiger partial charge on any atom is -0.393 e. The SMILES string of the molecule is CC(C)CN(CCC(N)=S)CC1CCC(F)(F)C1. The molecule has 1 saturated carbocycles. The maximum absolute atomic E-state index is 13.2. The van der Waals surface area contributed by atoms with Crippen LogP contribution in [0.2, 0.25) is 0 Å². The molecule has 0 aromatic carbocycles. The van der Waals surface area contributed by atoms with E-state index in [2.05, 4.69) is 18.7 Å². The first-order valence-electron chi connectivity index (χ1n) is 6.67. The van der Waals surface area contributed by atoms with Crippen molar-refractivity contribution >= 4 is 17.2 Å². The average molecular weight is 278 g/mol. The maximum atomic E-state index is 13.2. The first kappa shape index (κ1) is 15.8. The van der Waals surface area contributed by atoms with E-state index >= 15 is 0 Å². The van der Waals surface area contributed by atoms with Crippen LogP contribution in [0.5, 0.6) is 0 Å². The Bertz CT molecular complexity index is 282. The molecule has 2 nitrogen and oxygen atoms in total. The molecule has 0 amide bonds. The van der Waals surface area contributed by atoms with Crippen LogP contribution < -0.4 is 5.73 Å². The van der Waals surface area contributed by atoms with E-state index in [0.29, 0.717) is 23.7 Å². The Labute approximate surface area is 114 Å². The summed E-state index contributed by atoms with van der Waals surface area (Å²) in [6.45, 7) is 6.73. The van der Waals surface area contributed by atoms with E-state index in [1.165, 1.54) is 0 Å². The summed E-state index contributed by atoms with van der Waals surface area (Å²) in [5, 5.41) is 0. The van der Waals surface area contributed by atoms with Crippen LogP contribution in [0.1, 0.15) is 39.5 Å². The molecule has 1 aliphatic carbocycles. The highest BCUT2D eigenvalue weighted by Crippen LogP contribution is 2.39. The molecule has 0 radical (unpaired) electrons. The van der Waals surface area contributed by atoms with Gasteiger partial charge in [-0.25, -0.2) is 8.78 Å². The van der Waals surface area contributed by atoms with Crippen LogP contribution in [-0.4, -0.2) is 35.4 Å². The average Bonchev–Trinajstić information content (AvgIpc) is 2.53. The summed E-state index contributed by atoms with van der Waals surface area (Å²) >= 11 is 4.88. The lowest BCUT2D eigenvalue weighted by atomic mass is 10.1. The van der Waals surface area contributed by atoms with Gasteiger partial charge in [0.1, 0.15) is 0 Å². The molecule has 1 rings (SSSR count). The topological polar surface area (TPSA) is 29.3 Å². The largest absolute Gasteiger partial charge is 0.393 e. The minimum atomic E-state index is -2.45. The number of nitrogens with two attached hydrogens (primary N) is 1. The Morgan fingerprint density at radius 3 is 2.61 bits per heavy atom. The van der Waals surface area contributed by atoms with Gasteiger partial charge >= 0.3 is 0 Å². The molecular formula is C13H24F2N2S. The van der Waals surface area contributed by atoms with E-state index in [1.807, 2.05) is 0 Å². The summed E-state index contributed by atoms with van der Waals surface area (Å²) in [6.07, 6.45) is 1.39. The lowest BCUT2D eigenvalue weighted by Gasteiger charge is -2.27. The predicted octanol–water partition coefficient (Wildman–Crippen LogP) is 3.06. The van der Waals surface area contributed by atoms with Crippen LogP contribution in [0, 0.1) is 11.8 Å². The Morgan fingerprint density at radius 2 is 2.17 bits per heavy atom. The van der Waals surface area contributed by atoms with Crippen molar-refractivity contribution < 1.29 is 8.78 Å². The van der Waals surface area contributed by atoms with Crippen molar-refractivity contribution in [1.82, 2.24) is 4.90 Å². The summed E-state index contributed by atoms with van der Waals surface area (Å²) in [6, 6.07) is 0. The molecule has 1 atom stereocenters. The van der Waals surface area contributed by atoms with Gasteiger partial charge in [0.05, 0.1) is 4.99 Å². The molecule has 0 saturated heterocycles. The highest BCUT2D eigenvalue weighted by atomic mass is 32.1. The molecule has 0 bridgehead atoms. The Morgan fingerprint density at radius 1 is 1.50 bits per heavy atom. The fourth-order valence-electron chi connectivity index (χ4n) is 2.60. The Hall–Kier alpha value is -0.290. The molecule has 0 aliphatic heterocycles. The van der Waals surface area contributed by atoms with E-state index in [1.54, 1.807) is 0 Å². The van der Waals surface area contributed by atoms with Gasteiger partial charge in [-0.1, -0.05) is 26.1 Å². The maximum Gasteiger partial charge on any atom is 0.248 e. The summed E-state index contributed by atoms with van der Waals surface area (Å²) in [5.41, 5.74) is 5.51. The van der Waals surface area contributed by atoms with Crippen molar-refractivity contribution in [3.8, 4) is 0 Å². The van der Waals surface area contributed by atoms with Crippen molar-refractivity contribution in [3.05, 3.63) is 0 Å². The number of nitrogens with zero attached hydrogens (tertiary/aromatic N) is 1. The molecule has 0 heterocycles. The van der Waals surface area contributed by atoms with Crippen molar-refractivity contribution in [2.24, 2.45) is 17.6 Å². The highest BCUT2D eigenvalue weighted by Gasteiger charge is 2.39. The van der Waals surface area contributed by atoms with Gasteiger partial charge in [-0.15, -0.1) is 0 Å². The molecule has 5 heteroatoms. The number of halogens is 2. The first-order chi connectivity index (χ1) is 8.28. The smallest absolute Gasteiger partial charge is 0.248 e. The number of hydrogen-bond acceptors (Lipinski definition) is 2. The van der Waals surface area contributed by atoms with Crippen LogP contribution in [0.3, 0.4) is 0 Å². The number of alkyl halides is 2. The second-order valence-electron chi connectivity index (χ2n) is 5.83. The first-order valence-corrected chi connectivity index (χ1v) is 7.08. The summed E-state index contributed by atoms with van der Waals surface area (Å²) in [4.78, 5) is 2.73. The molecule has 2 N–H and O–H groups in total. The lowest BCUT2D eigenvalue weighted by molar-refractivity contribution is 0.00332. The summed E-state index contributed by atoms with van der Waals surface area (Å²) in [7, 11) is 0. The Balaban J connectivity index is 2.42. The third kappa shape index (κ3) is 6.05. The minimum absolute atomic E-state index is 0.0364. The molecule has 1 unspecified atom stereocenters. The molecule has 1 aliphatic rings. The zero-order valence-corrected chi connectivity index (χ0v) is 12.1. The van der Waals surface area contributed by atoms with Gasteiger partial charge in [0.2, 0.25) is 5.92 Å². The zero-order valence-electron chi connectivity index (χ0n) is 11.3. The van der Waals surface area contributed by atoms with E-state index in [4.69, 9.17) is 18.0 Å². The Kier molecular flexibility index (Phi) is 5.92. The normalized spacial score (nSPS) is 22.9. The van der Waals surface area contributed by atoms with Crippen LogP contribution in [-0.2, 0) is 0 Å². The predicted molar refractivity (Wildman–Crippen MR) is 75.0 cm³/mol. The highest BCUT2D eigenvalue weighted by molar-refractivity contribution is 7.80. The summed E-state index contributed by atoms with van der Waals surface area (Å²) in [5.74, 6) is -1.81. The number of thiocarbonyl (C=S) groups is 1.